The first-order chi connectivity index (χ1) is 13.2. The Bertz CT molecular complexity index is 599. The highest BCUT2D eigenvalue weighted by atomic mass is 16.2. The van der Waals surface area contributed by atoms with Gasteiger partial charge in [-0.05, 0) is 18.4 Å². The van der Waals surface area contributed by atoms with Crippen LogP contribution < -0.4 is 5.32 Å². The van der Waals surface area contributed by atoms with Gasteiger partial charge in [-0.15, -0.1) is 0 Å². The molecule has 0 aliphatic carbocycles. The predicted molar refractivity (Wildman–Crippen MR) is 106 cm³/mol. The Hall–Kier alpha value is -1.92. The Morgan fingerprint density at radius 3 is 2.44 bits per heavy atom. The lowest BCUT2D eigenvalue weighted by Gasteiger charge is -2.34. The molecule has 2 fully saturated rings. The van der Waals surface area contributed by atoms with E-state index in [9.17, 15) is 9.59 Å². The van der Waals surface area contributed by atoms with Crippen molar-refractivity contribution >= 4 is 11.8 Å². The second-order valence-corrected chi connectivity index (χ2v) is 7.58. The van der Waals surface area contributed by atoms with Crippen molar-refractivity contribution in [2.45, 2.75) is 32.2 Å². The summed E-state index contributed by atoms with van der Waals surface area (Å²) in [7, 11) is 0. The van der Waals surface area contributed by atoms with Gasteiger partial charge in [0, 0.05) is 58.8 Å². The van der Waals surface area contributed by atoms with Crippen molar-refractivity contribution in [2.24, 2.45) is 0 Å². The van der Waals surface area contributed by atoms with Gasteiger partial charge < -0.3 is 10.2 Å². The van der Waals surface area contributed by atoms with Crippen LogP contribution in [0, 0.1) is 0 Å². The molecule has 1 aromatic rings. The van der Waals surface area contributed by atoms with E-state index in [2.05, 4.69) is 45.4 Å². The van der Waals surface area contributed by atoms with E-state index in [1.54, 1.807) is 4.90 Å². The van der Waals surface area contributed by atoms with Gasteiger partial charge in [-0.1, -0.05) is 36.8 Å². The Labute approximate surface area is 162 Å². The van der Waals surface area contributed by atoms with Crippen LogP contribution >= 0.6 is 0 Å². The van der Waals surface area contributed by atoms with Gasteiger partial charge in [-0.3, -0.25) is 19.4 Å². The maximum absolute atomic E-state index is 12.1. The minimum atomic E-state index is -0.0343. The fourth-order valence-corrected chi connectivity index (χ4v) is 3.80. The zero-order valence-corrected chi connectivity index (χ0v) is 16.2. The quantitative estimate of drug-likeness (QED) is 0.784. The van der Waals surface area contributed by atoms with Crippen LogP contribution in [0.1, 0.15) is 31.2 Å². The second kappa shape index (κ2) is 10.4. The molecule has 1 aromatic carbocycles. The van der Waals surface area contributed by atoms with Crippen molar-refractivity contribution < 1.29 is 9.59 Å². The summed E-state index contributed by atoms with van der Waals surface area (Å²) in [6, 6.07) is 10.6. The van der Waals surface area contributed by atoms with E-state index < -0.39 is 0 Å². The fourth-order valence-electron chi connectivity index (χ4n) is 3.80. The standard InChI is InChI=1S/C21H32N4O2/c26-20(18-25-11-6-2-5-9-21(25)27)22-10-12-23-13-15-24(16-14-23)17-19-7-3-1-4-8-19/h1,3-4,7-8H,2,5-6,9-18H2,(H,22,26). The van der Waals surface area contributed by atoms with Crippen LogP contribution in [0.4, 0.5) is 0 Å². The molecule has 0 saturated carbocycles. The van der Waals surface area contributed by atoms with Gasteiger partial charge in [0.1, 0.15) is 0 Å². The molecule has 2 saturated heterocycles. The first kappa shape index (κ1) is 19.8. The number of benzene rings is 1. The molecule has 0 spiro atoms. The highest BCUT2D eigenvalue weighted by molar-refractivity contribution is 5.84. The molecular weight excluding hydrogens is 340 g/mol. The number of likely N-dealkylation sites (tertiary alicyclic amines) is 1. The molecule has 1 N–H and O–H groups in total. The summed E-state index contributed by atoms with van der Waals surface area (Å²) in [5, 5.41) is 2.98. The second-order valence-electron chi connectivity index (χ2n) is 7.58. The lowest BCUT2D eigenvalue weighted by molar-refractivity contribution is -0.135. The Kier molecular flexibility index (Phi) is 7.66. The van der Waals surface area contributed by atoms with Crippen LogP contribution in [0.3, 0.4) is 0 Å². The molecular formula is C21H32N4O2. The number of carbonyl (C=O) groups is 2. The van der Waals surface area contributed by atoms with Crippen LogP contribution in [0.25, 0.3) is 0 Å². The molecule has 2 heterocycles. The molecule has 27 heavy (non-hydrogen) atoms. The van der Waals surface area contributed by atoms with E-state index >= 15 is 0 Å². The third kappa shape index (κ3) is 6.63. The van der Waals surface area contributed by atoms with E-state index in [4.69, 9.17) is 0 Å². The molecule has 0 aromatic heterocycles. The summed E-state index contributed by atoms with van der Waals surface area (Å²) in [6.45, 7) is 7.66. The molecule has 2 amide bonds. The summed E-state index contributed by atoms with van der Waals surface area (Å²) in [5.74, 6) is 0.0881. The average Bonchev–Trinajstić information content (AvgIpc) is 2.88. The Balaban J connectivity index is 1.29. The van der Waals surface area contributed by atoms with Gasteiger partial charge in [0.15, 0.2) is 0 Å². The molecule has 2 aliphatic heterocycles. The summed E-state index contributed by atoms with van der Waals surface area (Å²) < 4.78 is 0. The molecule has 0 radical (unpaired) electrons. The maximum Gasteiger partial charge on any atom is 0.239 e. The maximum atomic E-state index is 12.1. The van der Waals surface area contributed by atoms with E-state index in [0.29, 0.717) is 13.0 Å². The summed E-state index contributed by atoms with van der Waals surface area (Å²) >= 11 is 0. The Morgan fingerprint density at radius 1 is 0.926 bits per heavy atom. The molecule has 3 rings (SSSR count). The third-order valence-electron chi connectivity index (χ3n) is 5.47. The minimum Gasteiger partial charge on any atom is -0.353 e. The first-order valence-electron chi connectivity index (χ1n) is 10.2. The number of amides is 2. The van der Waals surface area contributed by atoms with Crippen molar-refractivity contribution in [3.63, 3.8) is 0 Å². The molecule has 6 nitrogen and oxygen atoms in total. The molecule has 0 unspecified atom stereocenters. The monoisotopic (exact) mass is 372 g/mol. The van der Waals surface area contributed by atoms with Crippen LogP contribution in [-0.4, -0.2) is 78.9 Å². The number of carbonyl (C=O) groups excluding carboxylic acids is 2. The van der Waals surface area contributed by atoms with E-state index in [0.717, 1.165) is 65.1 Å². The highest BCUT2D eigenvalue weighted by Gasteiger charge is 2.20. The number of nitrogens with one attached hydrogen (secondary N) is 1. The summed E-state index contributed by atoms with van der Waals surface area (Å²) in [6.07, 6.45) is 3.63. The first-order valence-corrected chi connectivity index (χ1v) is 10.2. The molecule has 0 atom stereocenters. The fraction of sp³-hybridized carbons (Fsp3) is 0.619. The predicted octanol–water partition coefficient (Wildman–Crippen LogP) is 1.32. The largest absolute Gasteiger partial charge is 0.353 e. The molecule has 6 heteroatoms. The van der Waals surface area contributed by atoms with E-state index in [1.165, 1.54) is 5.56 Å². The van der Waals surface area contributed by atoms with Crippen LogP contribution in [0.5, 0.6) is 0 Å². The average molecular weight is 373 g/mol. The number of nitrogens with zero attached hydrogens (tertiary/aromatic N) is 3. The van der Waals surface area contributed by atoms with Crippen molar-refractivity contribution in [1.82, 2.24) is 20.0 Å². The van der Waals surface area contributed by atoms with Crippen molar-refractivity contribution in [1.29, 1.82) is 0 Å². The van der Waals surface area contributed by atoms with Crippen molar-refractivity contribution in [3.8, 4) is 0 Å². The minimum absolute atomic E-state index is 0.0343. The van der Waals surface area contributed by atoms with Gasteiger partial charge in [0.25, 0.3) is 0 Å². The van der Waals surface area contributed by atoms with Crippen LogP contribution in [0.2, 0.25) is 0 Å². The molecule has 0 bridgehead atoms. The van der Waals surface area contributed by atoms with Crippen molar-refractivity contribution in [2.75, 3.05) is 52.4 Å². The van der Waals surface area contributed by atoms with Gasteiger partial charge in [-0.25, -0.2) is 0 Å². The topological polar surface area (TPSA) is 55.9 Å². The molecule has 148 valence electrons. The van der Waals surface area contributed by atoms with E-state index in [-0.39, 0.29) is 18.4 Å². The zero-order valence-electron chi connectivity index (χ0n) is 16.2. The van der Waals surface area contributed by atoms with Crippen molar-refractivity contribution in [3.05, 3.63) is 35.9 Å². The number of rotatable bonds is 7. The van der Waals surface area contributed by atoms with Gasteiger partial charge in [0.05, 0.1) is 6.54 Å². The summed E-state index contributed by atoms with van der Waals surface area (Å²) in [5.41, 5.74) is 1.36. The lowest BCUT2D eigenvalue weighted by Crippen LogP contribution is -2.48. The highest BCUT2D eigenvalue weighted by Crippen LogP contribution is 2.11. The molecule has 2 aliphatic rings. The summed E-state index contributed by atoms with van der Waals surface area (Å²) in [4.78, 5) is 30.7. The van der Waals surface area contributed by atoms with Gasteiger partial charge in [0.2, 0.25) is 11.8 Å². The van der Waals surface area contributed by atoms with Gasteiger partial charge in [-0.2, -0.15) is 0 Å². The third-order valence-corrected chi connectivity index (χ3v) is 5.47. The van der Waals surface area contributed by atoms with Crippen LogP contribution in [0.15, 0.2) is 30.3 Å². The lowest BCUT2D eigenvalue weighted by atomic mass is 10.2. The number of hydrogen-bond donors (Lipinski definition) is 1. The van der Waals surface area contributed by atoms with Crippen LogP contribution in [-0.2, 0) is 16.1 Å². The normalized spacial score (nSPS) is 19.7. The smallest absolute Gasteiger partial charge is 0.239 e. The SMILES string of the molecule is O=C(CN1CCCCCC1=O)NCCN1CCN(Cc2ccccc2)CC1. The number of piperazine rings is 1. The van der Waals surface area contributed by atoms with E-state index in [1.807, 2.05) is 0 Å². The van der Waals surface area contributed by atoms with Gasteiger partial charge >= 0.3 is 0 Å². The number of hydrogen-bond acceptors (Lipinski definition) is 4. The zero-order chi connectivity index (χ0) is 18.9. The Morgan fingerprint density at radius 2 is 1.67 bits per heavy atom.